The maximum absolute atomic E-state index is 13.4. The fourth-order valence-electron chi connectivity index (χ4n) is 5.40. The normalized spacial score (nSPS) is 9.94. The van der Waals surface area contributed by atoms with E-state index in [1.165, 1.54) is 60.7 Å². The number of carbonyl (C=O) groups excluding carboxylic acids is 2. The van der Waals surface area contributed by atoms with Gasteiger partial charge in [0.25, 0.3) is 5.91 Å². The summed E-state index contributed by atoms with van der Waals surface area (Å²) in [5.41, 5.74) is 15.9. The molecule has 0 saturated heterocycles. The van der Waals surface area contributed by atoms with Gasteiger partial charge in [-0.25, -0.2) is 22.0 Å². The van der Waals surface area contributed by atoms with Gasteiger partial charge in [0.05, 0.1) is 10.5 Å². The summed E-state index contributed by atoms with van der Waals surface area (Å²) >= 11 is 0. The van der Waals surface area contributed by atoms with Crippen molar-refractivity contribution in [2.75, 3.05) is 19.6 Å². The first-order valence-corrected chi connectivity index (χ1v) is 19.7. The predicted molar refractivity (Wildman–Crippen MR) is 249 cm³/mol. The molecule has 0 atom stereocenters. The predicted octanol–water partition coefficient (Wildman–Crippen LogP) is 10.1. The van der Waals surface area contributed by atoms with E-state index in [0.717, 1.165) is 29.0 Å². The van der Waals surface area contributed by atoms with Crippen LogP contribution in [-0.2, 0) is 19.3 Å². The standard InChI is InChI=1S/C15H14FNO2.C9H8FNO2.C9H12FN.C8H10FNO.C8H7FO.BrH/c16-14-7-6-13(18)10-12(14)8-9-17-15(19)11-4-2-1-3-5-11;1-7-2-3-9(10)8(6-7)4-5-11(12)13;1-7-2-3-9(10)8(6-7)4-5-11;9-8-2-1-7(11)5-6(8)3-4-10;1-6-2-3-8(9)7(4-6)5-10;/h1-7,10,18H,8-9H2,(H,17,19);2-6H,1H3;2-3,6H,4-5,11H2,1H3;1-2,5,11H,3-4,10H2;2-5H,1H3;1H/b;5-4+;;;;. The first kappa shape index (κ1) is 56.3. The number of phenolic OH excluding ortho intramolecular Hbond substituents is 2. The third-order valence-corrected chi connectivity index (χ3v) is 8.61. The number of benzene rings is 6. The van der Waals surface area contributed by atoms with Crippen LogP contribution in [0.5, 0.6) is 11.5 Å². The molecule has 0 bridgehead atoms. The number of amides is 1. The highest BCUT2D eigenvalue weighted by atomic mass is 79.9. The molecule has 16 heteroatoms. The van der Waals surface area contributed by atoms with E-state index in [1.54, 1.807) is 55.5 Å². The summed E-state index contributed by atoms with van der Waals surface area (Å²) in [7, 11) is 0. The molecule has 0 unspecified atom stereocenters. The van der Waals surface area contributed by atoms with Gasteiger partial charge in [-0.1, -0.05) is 59.2 Å². The number of hydrogen-bond donors (Lipinski definition) is 5. The number of aryl methyl sites for hydroxylation is 3. The Morgan fingerprint density at radius 1 is 0.615 bits per heavy atom. The van der Waals surface area contributed by atoms with E-state index in [9.17, 15) is 46.8 Å². The van der Waals surface area contributed by atoms with Crippen LogP contribution in [0.15, 0.2) is 128 Å². The Kier molecular flexibility index (Phi) is 26.3. The lowest BCUT2D eigenvalue weighted by molar-refractivity contribution is -0.400. The van der Waals surface area contributed by atoms with E-state index in [2.05, 4.69) is 5.32 Å². The Labute approximate surface area is 385 Å². The Morgan fingerprint density at radius 2 is 1.03 bits per heavy atom. The van der Waals surface area contributed by atoms with E-state index in [1.807, 2.05) is 26.0 Å². The van der Waals surface area contributed by atoms with Crippen molar-refractivity contribution in [3.8, 4) is 11.5 Å². The Balaban J connectivity index is 0.000000414. The second-order valence-corrected chi connectivity index (χ2v) is 13.9. The van der Waals surface area contributed by atoms with Gasteiger partial charge < -0.3 is 27.0 Å². The van der Waals surface area contributed by atoms with E-state index in [-0.39, 0.29) is 63.0 Å². The van der Waals surface area contributed by atoms with E-state index in [4.69, 9.17) is 16.6 Å². The minimum absolute atomic E-state index is 0. The summed E-state index contributed by atoms with van der Waals surface area (Å²) in [4.78, 5) is 31.2. The molecule has 6 aromatic rings. The van der Waals surface area contributed by atoms with Gasteiger partial charge in [-0.05, 0) is 149 Å². The fourth-order valence-corrected chi connectivity index (χ4v) is 5.40. The summed E-state index contributed by atoms with van der Waals surface area (Å²) in [5, 5.41) is 30.9. The van der Waals surface area contributed by atoms with Crippen molar-refractivity contribution in [1.29, 1.82) is 0 Å². The van der Waals surface area contributed by atoms with Gasteiger partial charge in [0, 0.05) is 23.7 Å². The number of nitro groups is 1. The van der Waals surface area contributed by atoms with Crippen LogP contribution < -0.4 is 16.8 Å². The molecule has 0 radical (unpaired) electrons. The molecule has 0 fully saturated rings. The third kappa shape index (κ3) is 21.9. The molecule has 0 aliphatic carbocycles. The highest BCUT2D eigenvalue weighted by molar-refractivity contribution is 8.93. The van der Waals surface area contributed by atoms with E-state index < -0.39 is 16.6 Å². The molecule has 0 heterocycles. The Bertz CT molecular complexity index is 2410. The molecular formula is C49H52BrF5N4O6. The average molecular weight is 968 g/mol. The average Bonchev–Trinajstić information content (AvgIpc) is 3.27. The Morgan fingerprint density at radius 3 is 1.49 bits per heavy atom. The number of carbonyl (C=O) groups is 2. The third-order valence-electron chi connectivity index (χ3n) is 8.61. The molecule has 7 N–H and O–H groups in total. The van der Waals surface area contributed by atoms with Gasteiger partial charge in [0.1, 0.15) is 40.6 Å². The zero-order valence-electron chi connectivity index (χ0n) is 35.9. The maximum Gasteiger partial charge on any atom is 0.251 e. The zero-order valence-corrected chi connectivity index (χ0v) is 37.7. The number of nitrogens with zero attached hydrogens (tertiary/aromatic N) is 1. The van der Waals surface area contributed by atoms with Crippen molar-refractivity contribution in [2.45, 2.75) is 40.0 Å². The molecule has 346 valence electrons. The van der Waals surface area contributed by atoms with Gasteiger partial charge in [-0.15, -0.1) is 17.0 Å². The largest absolute Gasteiger partial charge is 0.508 e. The van der Waals surface area contributed by atoms with Gasteiger partial charge in [0.2, 0.25) is 6.20 Å². The van der Waals surface area contributed by atoms with Gasteiger partial charge >= 0.3 is 0 Å². The molecule has 1 amide bonds. The molecule has 0 saturated carbocycles. The first-order chi connectivity index (χ1) is 30.5. The number of aldehydes is 1. The lowest BCUT2D eigenvalue weighted by Crippen LogP contribution is -2.25. The van der Waals surface area contributed by atoms with Gasteiger partial charge in [0.15, 0.2) is 6.29 Å². The number of halogens is 6. The summed E-state index contributed by atoms with van der Waals surface area (Å²) < 4.78 is 64.6. The van der Waals surface area contributed by atoms with Crippen LogP contribution in [0.4, 0.5) is 22.0 Å². The molecule has 6 aromatic carbocycles. The first-order valence-electron chi connectivity index (χ1n) is 19.7. The Hall–Kier alpha value is -6.75. The maximum atomic E-state index is 13.4. The van der Waals surface area contributed by atoms with Crippen molar-refractivity contribution in [3.05, 3.63) is 217 Å². The van der Waals surface area contributed by atoms with Crippen LogP contribution >= 0.6 is 17.0 Å². The minimum atomic E-state index is -0.623. The number of aromatic hydroxyl groups is 2. The van der Waals surface area contributed by atoms with Gasteiger partial charge in [-0.2, -0.15) is 0 Å². The molecule has 6 rings (SSSR count). The van der Waals surface area contributed by atoms with Gasteiger partial charge in [-0.3, -0.25) is 19.7 Å². The minimum Gasteiger partial charge on any atom is -0.508 e. The molecular weight excluding hydrogens is 915 g/mol. The van der Waals surface area contributed by atoms with E-state index >= 15 is 0 Å². The topological polar surface area (TPSA) is 182 Å². The fraction of sp³-hybridized carbons (Fsp3) is 0.184. The van der Waals surface area contributed by atoms with E-state index in [0.29, 0.717) is 67.4 Å². The number of hydrogen-bond acceptors (Lipinski definition) is 8. The van der Waals surface area contributed by atoms with Crippen LogP contribution in [0.25, 0.3) is 6.08 Å². The monoisotopic (exact) mass is 966 g/mol. The van der Waals surface area contributed by atoms with Crippen molar-refractivity contribution in [2.24, 2.45) is 11.5 Å². The van der Waals surface area contributed by atoms with Crippen LogP contribution in [0.1, 0.15) is 59.7 Å². The van der Waals surface area contributed by atoms with Crippen LogP contribution in [0.3, 0.4) is 0 Å². The summed E-state index contributed by atoms with van der Waals surface area (Å²) in [6.07, 6.45) is 3.79. The smallest absolute Gasteiger partial charge is 0.251 e. The van der Waals surface area contributed by atoms with Crippen LogP contribution in [0, 0.1) is 60.0 Å². The highest BCUT2D eigenvalue weighted by Gasteiger charge is 2.07. The summed E-state index contributed by atoms with van der Waals surface area (Å²) in [6, 6.07) is 30.6. The molecule has 0 aliphatic rings. The second kappa shape index (κ2) is 30.4. The highest BCUT2D eigenvalue weighted by Crippen LogP contribution is 2.17. The summed E-state index contributed by atoms with van der Waals surface area (Å²) in [6.45, 7) is 6.75. The molecule has 65 heavy (non-hydrogen) atoms. The molecule has 0 aromatic heterocycles. The van der Waals surface area contributed by atoms with Crippen molar-refractivity contribution in [1.82, 2.24) is 5.32 Å². The summed E-state index contributed by atoms with van der Waals surface area (Å²) in [5.74, 6) is -1.85. The quantitative estimate of drug-likeness (QED) is 0.0368. The number of nitrogens with two attached hydrogens (primary N) is 2. The number of phenols is 2. The number of rotatable bonds is 11. The molecule has 10 nitrogen and oxygen atoms in total. The van der Waals surface area contributed by atoms with Crippen molar-refractivity contribution < 1.29 is 46.7 Å². The zero-order chi connectivity index (χ0) is 47.6. The SMILES string of the molecule is Br.Cc1ccc(F)c(/C=C/[N+](=O)[O-])c1.Cc1ccc(F)c(C=O)c1.Cc1ccc(F)c(CCN)c1.NCCc1cc(O)ccc1F.O=C(NCCc1cc(O)ccc1F)c1ccccc1. The molecule has 0 spiro atoms. The lowest BCUT2D eigenvalue weighted by Gasteiger charge is -2.06. The lowest BCUT2D eigenvalue weighted by atomic mass is 10.1. The van der Waals surface area contributed by atoms with Crippen molar-refractivity contribution >= 4 is 35.3 Å². The second-order valence-electron chi connectivity index (χ2n) is 13.9. The molecule has 0 aliphatic heterocycles. The number of nitrogens with one attached hydrogen (secondary N) is 1. The van der Waals surface area contributed by atoms with Crippen LogP contribution in [0.2, 0.25) is 0 Å². The van der Waals surface area contributed by atoms with Crippen molar-refractivity contribution in [3.63, 3.8) is 0 Å². The van der Waals surface area contributed by atoms with Crippen LogP contribution in [-0.4, -0.2) is 47.0 Å².